The molecule has 1 rings (SSSR count). The highest BCUT2D eigenvalue weighted by Gasteiger charge is 2.21. The van der Waals surface area contributed by atoms with E-state index in [2.05, 4.69) is 30.6 Å². The topological polar surface area (TPSA) is 15.3 Å². The van der Waals surface area contributed by atoms with Crippen LogP contribution in [-0.4, -0.2) is 37.6 Å². The van der Waals surface area contributed by atoms with Crippen molar-refractivity contribution in [1.82, 2.24) is 10.2 Å². The summed E-state index contributed by atoms with van der Waals surface area (Å²) in [5, 5.41) is 3.42. The van der Waals surface area contributed by atoms with Crippen LogP contribution in [-0.2, 0) is 0 Å². The number of rotatable bonds is 8. The second-order valence-electron chi connectivity index (χ2n) is 5.11. The van der Waals surface area contributed by atoms with Crippen molar-refractivity contribution in [3.05, 3.63) is 12.2 Å². The third-order valence-electron chi connectivity index (χ3n) is 3.32. The quantitative estimate of drug-likeness (QED) is 0.504. The van der Waals surface area contributed by atoms with Crippen LogP contribution in [0.2, 0.25) is 0 Å². The van der Waals surface area contributed by atoms with Gasteiger partial charge in [-0.05, 0) is 43.8 Å². The van der Waals surface area contributed by atoms with Gasteiger partial charge in [-0.2, -0.15) is 0 Å². The fourth-order valence-electron chi connectivity index (χ4n) is 2.51. The molecular weight excluding hydrogens is 196 g/mol. The molecular formula is C14H28N2. The van der Waals surface area contributed by atoms with Crippen LogP contribution in [0.3, 0.4) is 0 Å². The molecule has 1 heterocycles. The lowest BCUT2D eigenvalue weighted by Crippen LogP contribution is -2.27. The Hall–Kier alpha value is -0.340. The van der Waals surface area contributed by atoms with Gasteiger partial charge in [-0.15, -0.1) is 0 Å². The van der Waals surface area contributed by atoms with Crippen molar-refractivity contribution >= 4 is 0 Å². The van der Waals surface area contributed by atoms with Crippen molar-refractivity contribution in [1.29, 1.82) is 0 Å². The zero-order valence-electron chi connectivity index (χ0n) is 11.1. The molecule has 1 saturated heterocycles. The number of likely N-dealkylation sites (tertiary alicyclic amines) is 1. The summed E-state index contributed by atoms with van der Waals surface area (Å²) in [7, 11) is 0. The Bertz CT molecular complexity index is 201. The third kappa shape index (κ3) is 5.13. The molecule has 94 valence electrons. The Kier molecular flexibility index (Phi) is 6.74. The predicted molar refractivity (Wildman–Crippen MR) is 71.8 cm³/mol. The average Bonchev–Trinajstić information content (AvgIpc) is 2.66. The second-order valence-corrected chi connectivity index (χ2v) is 5.11. The molecule has 0 aromatic rings. The first-order valence-corrected chi connectivity index (χ1v) is 6.86. The van der Waals surface area contributed by atoms with Gasteiger partial charge in [0.15, 0.2) is 0 Å². The van der Waals surface area contributed by atoms with E-state index >= 15 is 0 Å². The molecule has 1 unspecified atom stereocenters. The van der Waals surface area contributed by atoms with Gasteiger partial charge in [-0.3, -0.25) is 4.90 Å². The minimum Gasteiger partial charge on any atom is -0.313 e. The highest BCUT2D eigenvalue weighted by Crippen LogP contribution is 2.21. The Morgan fingerprint density at radius 1 is 1.38 bits per heavy atom. The summed E-state index contributed by atoms with van der Waals surface area (Å²) in [6.45, 7) is 14.4. The molecule has 0 aliphatic carbocycles. The zero-order valence-corrected chi connectivity index (χ0v) is 11.1. The van der Waals surface area contributed by atoms with Crippen molar-refractivity contribution < 1.29 is 0 Å². The lowest BCUT2D eigenvalue weighted by Gasteiger charge is -2.17. The maximum atomic E-state index is 4.16. The molecule has 0 radical (unpaired) electrons. The van der Waals surface area contributed by atoms with Crippen LogP contribution in [0.1, 0.15) is 39.5 Å². The predicted octanol–water partition coefficient (Wildman–Crippen LogP) is 2.66. The van der Waals surface area contributed by atoms with Crippen molar-refractivity contribution in [3.8, 4) is 0 Å². The number of hydrogen-bond donors (Lipinski definition) is 1. The van der Waals surface area contributed by atoms with Crippen molar-refractivity contribution in [2.75, 3.05) is 32.7 Å². The number of nitrogens with zero attached hydrogens (tertiary/aromatic N) is 1. The molecule has 1 atom stereocenters. The molecule has 1 aliphatic rings. The van der Waals surface area contributed by atoms with Crippen molar-refractivity contribution in [3.63, 3.8) is 0 Å². The summed E-state index contributed by atoms with van der Waals surface area (Å²) >= 11 is 0. The van der Waals surface area contributed by atoms with E-state index in [4.69, 9.17) is 0 Å². The molecule has 0 aromatic carbocycles. The standard InChI is InChI=1S/C14H28N2/c1-4-6-14-7-9-16(12-14)11-13(3)10-15-8-5-2/h14-15H,3-12H2,1-2H3. The Morgan fingerprint density at radius 2 is 2.19 bits per heavy atom. The van der Waals surface area contributed by atoms with E-state index in [9.17, 15) is 0 Å². The van der Waals surface area contributed by atoms with Gasteiger partial charge in [0, 0.05) is 19.6 Å². The van der Waals surface area contributed by atoms with Crippen LogP contribution in [0.4, 0.5) is 0 Å². The molecule has 2 nitrogen and oxygen atoms in total. The van der Waals surface area contributed by atoms with Crippen LogP contribution in [0, 0.1) is 5.92 Å². The van der Waals surface area contributed by atoms with Gasteiger partial charge in [0.25, 0.3) is 0 Å². The molecule has 0 saturated carbocycles. The Morgan fingerprint density at radius 3 is 2.88 bits per heavy atom. The largest absolute Gasteiger partial charge is 0.313 e. The Balaban J connectivity index is 2.11. The van der Waals surface area contributed by atoms with Gasteiger partial charge in [-0.1, -0.05) is 26.8 Å². The van der Waals surface area contributed by atoms with Gasteiger partial charge in [-0.25, -0.2) is 0 Å². The van der Waals surface area contributed by atoms with Crippen LogP contribution < -0.4 is 5.32 Å². The van der Waals surface area contributed by atoms with Crippen LogP contribution >= 0.6 is 0 Å². The minimum atomic E-state index is 0.946. The molecule has 1 aliphatic heterocycles. The van der Waals surface area contributed by atoms with Crippen LogP contribution in [0.15, 0.2) is 12.2 Å². The number of nitrogens with one attached hydrogen (secondary N) is 1. The second kappa shape index (κ2) is 7.86. The maximum Gasteiger partial charge on any atom is 0.0202 e. The van der Waals surface area contributed by atoms with Crippen molar-refractivity contribution in [2.45, 2.75) is 39.5 Å². The summed E-state index contributed by atoms with van der Waals surface area (Å²) < 4.78 is 0. The highest BCUT2D eigenvalue weighted by molar-refractivity contribution is 5.00. The molecule has 0 amide bonds. The SMILES string of the molecule is C=C(CNCCC)CN1CCC(CCC)C1. The fraction of sp³-hybridized carbons (Fsp3) is 0.857. The first-order chi connectivity index (χ1) is 7.76. The van der Waals surface area contributed by atoms with E-state index in [0.29, 0.717) is 0 Å². The molecule has 1 fully saturated rings. The first-order valence-electron chi connectivity index (χ1n) is 6.86. The van der Waals surface area contributed by atoms with E-state index in [1.807, 2.05) is 0 Å². The lowest BCUT2D eigenvalue weighted by atomic mass is 10.0. The van der Waals surface area contributed by atoms with E-state index in [1.165, 1.54) is 44.3 Å². The lowest BCUT2D eigenvalue weighted by molar-refractivity contribution is 0.343. The average molecular weight is 224 g/mol. The van der Waals surface area contributed by atoms with Gasteiger partial charge < -0.3 is 5.32 Å². The van der Waals surface area contributed by atoms with E-state index in [-0.39, 0.29) is 0 Å². The van der Waals surface area contributed by atoms with Gasteiger partial charge in [0.1, 0.15) is 0 Å². The Labute approximate surface area is 101 Å². The summed E-state index contributed by atoms with van der Waals surface area (Å²) in [5.74, 6) is 0.946. The molecule has 2 heteroatoms. The van der Waals surface area contributed by atoms with Gasteiger partial charge in [0.05, 0.1) is 0 Å². The normalized spacial score (nSPS) is 21.5. The fourth-order valence-corrected chi connectivity index (χ4v) is 2.51. The molecule has 1 N–H and O–H groups in total. The van der Waals surface area contributed by atoms with E-state index in [1.54, 1.807) is 0 Å². The maximum absolute atomic E-state index is 4.16. The van der Waals surface area contributed by atoms with E-state index in [0.717, 1.165) is 25.6 Å². The minimum absolute atomic E-state index is 0.946. The van der Waals surface area contributed by atoms with Crippen LogP contribution in [0.25, 0.3) is 0 Å². The molecule has 0 spiro atoms. The van der Waals surface area contributed by atoms with Gasteiger partial charge in [0.2, 0.25) is 0 Å². The van der Waals surface area contributed by atoms with Gasteiger partial charge >= 0.3 is 0 Å². The summed E-state index contributed by atoms with van der Waals surface area (Å²) in [5.41, 5.74) is 1.34. The number of hydrogen-bond acceptors (Lipinski definition) is 2. The summed E-state index contributed by atoms with van der Waals surface area (Å²) in [4.78, 5) is 2.57. The van der Waals surface area contributed by atoms with E-state index < -0.39 is 0 Å². The summed E-state index contributed by atoms with van der Waals surface area (Å²) in [6.07, 6.45) is 5.33. The molecule has 0 aromatic heterocycles. The zero-order chi connectivity index (χ0) is 11.8. The smallest absolute Gasteiger partial charge is 0.0202 e. The van der Waals surface area contributed by atoms with Crippen molar-refractivity contribution in [2.24, 2.45) is 5.92 Å². The molecule has 0 bridgehead atoms. The first kappa shape index (κ1) is 13.7. The highest BCUT2D eigenvalue weighted by atomic mass is 15.1. The third-order valence-corrected chi connectivity index (χ3v) is 3.32. The van der Waals surface area contributed by atoms with Crippen LogP contribution in [0.5, 0.6) is 0 Å². The monoisotopic (exact) mass is 224 g/mol. The molecule has 16 heavy (non-hydrogen) atoms. The summed E-state index contributed by atoms with van der Waals surface area (Å²) in [6, 6.07) is 0.